The molecule has 0 bridgehead atoms. The van der Waals surface area contributed by atoms with Gasteiger partial charge in [0.15, 0.2) is 0 Å². The Morgan fingerprint density at radius 3 is 2.09 bits per heavy atom. The molecule has 0 aliphatic carbocycles. The zero-order chi connectivity index (χ0) is 16.9. The van der Waals surface area contributed by atoms with Crippen LogP contribution >= 0.6 is 0 Å². The lowest BCUT2D eigenvalue weighted by Gasteiger charge is -2.25. The summed E-state index contributed by atoms with van der Waals surface area (Å²) in [4.78, 5) is 0. The van der Waals surface area contributed by atoms with Crippen LogP contribution in [0.5, 0.6) is 0 Å². The molecular formula is C18H14F4O. The highest BCUT2D eigenvalue weighted by molar-refractivity contribution is 5.34. The molecule has 2 rings (SSSR count). The summed E-state index contributed by atoms with van der Waals surface area (Å²) in [5, 5.41) is 9.99. The van der Waals surface area contributed by atoms with Gasteiger partial charge >= 0.3 is 6.18 Å². The molecule has 2 aromatic rings. The maximum atomic E-state index is 13.2. The van der Waals surface area contributed by atoms with Crippen LogP contribution in [0.4, 0.5) is 17.6 Å². The molecule has 23 heavy (non-hydrogen) atoms. The van der Waals surface area contributed by atoms with Crippen LogP contribution in [0.25, 0.3) is 0 Å². The van der Waals surface area contributed by atoms with E-state index in [1.807, 2.05) is 36.3 Å². The van der Waals surface area contributed by atoms with E-state index in [1.54, 1.807) is 0 Å². The largest absolute Gasteiger partial charge is 0.433 e. The van der Waals surface area contributed by atoms with Crippen molar-refractivity contribution in [1.82, 2.24) is 0 Å². The number of hydrogen-bond acceptors (Lipinski definition) is 1. The minimum Gasteiger partial charge on any atom is -0.366 e. The summed E-state index contributed by atoms with van der Waals surface area (Å²) in [6.45, 7) is 0. The zero-order valence-corrected chi connectivity index (χ0v) is 12.1. The molecule has 0 aliphatic rings. The third-order valence-corrected chi connectivity index (χ3v) is 3.32. The summed E-state index contributed by atoms with van der Waals surface area (Å²) in [7, 11) is 0. The van der Waals surface area contributed by atoms with Crippen molar-refractivity contribution in [2.45, 2.75) is 24.6 Å². The number of alkyl halides is 3. The molecule has 2 aromatic carbocycles. The van der Waals surface area contributed by atoms with Crippen molar-refractivity contribution in [3.05, 3.63) is 71.5 Å². The van der Waals surface area contributed by atoms with Crippen LogP contribution in [-0.2, 0) is 12.0 Å². The predicted octanol–water partition coefficient (Wildman–Crippen LogP) is 4.21. The summed E-state index contributed by atoms with van der Waals surface area (Å²) in [6.07, 6.45) is -4.33. The van der Waals surface area contributed by atoms with Gasteiger partial charge in [-0.25, -0.2) is 4.39 Å². The fourth-order valence-electron chi connectivity index (χ4n) is 2.04. The zero-order valence-electron chi connectivity index (χ0n) is 12.1. The third-order valence-electron chi connectivity index (χ3n) is 3.32. The van der Waals surface area contributed by atoms with Gasteiger partial charge in [0.1, 0.15) is 5.82 Å². The minimum absolute atomic E-state index is 0.170. The maximum Gasteiger partial charge on any atom is 0.433 e. The first kappa shape index (κ1) is 17.0. The van der Waals surface area contributed by atoms with Crippen LogP contribution in [0.15, 0.2) is 54.6 Å². The van der Waals surface area contributed by atoms with Crippen LogP contribution in [0.2, 0.25) is 0 Å². The van der Waals surface area contributed by atoms with Crippen LogP contribution in [0.1, 0.15) is 17.5 Å². The van der Waals surface area contributed by atoms with Crippen LogP contribution in [-0.4, -0.2) is 11.3 Å². The van der Waals surface area contributed by atoms with Gasteiger partial charge in [-0.2, -0.15) is 13.2 Å². The maximum absolute atomic E-state index is 13.2. The van der Waals surface area contributed by atoms with Gasteiger partial charge in [-0.1, -0.05) is 54.3 Å². The van der Waals surface area contributed by atoms with Crippen molar-refractivity contribution in [2.75, 3.05) is 0 Å². The Hall–Kier alpha value is -2.32. The lowest BCUT2D eigenvalue weighted by molar-refractivity contribution is -0.240. The minimum atomic E-state index is -4.98. The number of aryl methyl sites for hydroxylation is 1. The smallest absolute Gasteiger partial charge is 0.366 e. The van der Waals surface area contributed by atoms with Crippen molar-refractivity contribution in [1.29, 1.82) is 0 Å². The molecule has 1 atom stereocenters. The van der Waals surface area contributed by atoms with Gasteiger partial charge in [0.2, 0.25) is 5.60 Å². The molecule has 0 aromatic heterocycles. The summed E-state index contributed by atoms with van der Waals surface area (Å²) in [6, 6.07) is 12.7. The van der Waals surface area contributed by atoms with Crippen molar-refractivity contribution in [3.8, 4) is 11.8 Å². The highest BCUT2D eigenvalue weighted by atomic mass is 19.4. The van der Waals surface area contributed by atoms with Gasteiger partial charge in [0.05, 0.1) is 0 Å². The van der Waals surface area contributed by atoms with Crippen LogP contribution in [0.3, 0.4) is 0 Å². The van der Waals surface area contributed by atoms with Crippen molar-refractivity contribution in [2.24, 2.45) is 0 Å². The van der Waals surface area contributed by atoms with E-state index in [0.717, 1.165) is 29.8 Å². The normalized spacial score (nSPS) is 13.8. The summed E-state index contributed by atoms with van der Waals surface area (Å²) in [5.41, 5.74) is -2.87. The number of hydrogen-bond donors (Lipinski definition) is 1. The highest BCUT2D eigenvalue weighted by Gasteiger charge is 2.54. The second-order valence-electron chi connectivity index (χ2n) is 5.00. The summed E-state index contributed by atoms with van der Waals surface area (Å²) in [5.74, 6) is 3.60. The van der Waals surface area contributed by atoms with Crippen molar-refractivity contribution >= 4 is 0 Å². The number of benzene rings is 2. The first-order valence-corrected chi connectivity index (χ1v) is 6.92. The monoisotopic (exact) mass is 322 g/mol. The topological polar surface area (TPSA) is 20.2 Å². The Bertz CT molecular complexity index is 696. The third kappa shape index (κ3) is 4.11. The lowest BCUT2D eigenvalue weighted by Crippen LogP contribution is -2.41. The van der Waals surface area contributed by atoms with E-state index in [-0.39, 0.29) is 6.42 Å². The molecule has 1 N–H and O–H groups in total. The average molecular weight is 322 g/mol. The molecule has 120 valence electrons. The predicted molar refractivity (Wildman–Crippen MR) is 78.9 cm³/mol. The SMILES string of the molecule is OC(C#CCCc1ccccc1)(c1ccc(F)cc1)C(F)(F)F. The van der Waals surface area contributed by atoms with Crippen molar-refractivity contribution < 1.29 is 22.7 Å². The van der Waals surface area contributed by atoms with Crippen LogP contribution < -0.4 is 0 Å². The number of aliphatic hydroxyl groups is 1. The fraction of sp³-hybridized carbons (Fsp3) is 0.222. The standard InChI is InChI=1S/C18H14F4O/c19-16-11-9-15(10-12-16)17(23,18(20,21)22)13-5-4-8-14-6-2-1-3-7-14/h1-3,6-7,9-12,23H,4,8H2. The quantitative estimate of drug-likeness (QED) is 0.663. The Morgan fingerprint density at radius 1 is 0.913 bits per heavy atom. The van der Waals surface area contributed by atoms with E-state index < -0.39 is 23.2 Å². The molecule has 0 fully saturated rings. The fourth-order valence-corrected chi connectivity index (χ4v) is 2.04. The van der Waals surface area contributed by atoms with Crippen molar-refractivity contribution in [3.63, 3.8) is 0 Å². The molecule has 1 unspecified atom stereocenters. The molecule has 1 nitrogen and oxygen atoms in total. The lowest BCUT2D eigenvalue weighted by atomic mass is 9.93. The highest BCUT2D eigenvalue weighted by Crippen LogP contribution is 2.38. The first-order chi connectivity index (χ1) is 10.8. The first-order valence-electron chi connectivity index (χ1n) is 6.92. The van der Waals surface area contributed by atoms with E-state index in [4.69, 9.17) is 0 Å². The Labute approximate surface area is 131 Å². The van der Waals surface area contributed by atoms with Crippen LogP contribution in [0, 0.1) is 17.7 Å². The summed E-state index contributed by atoms with van der Waals surface area (Å²) >= 11 is 0. The average Bonchev–Trinajstić information content (AvgIpc) is 2.52. The van der Waals surface area contributed by atoms with Gasteiger partial charge < -0.3 is 5.11 Å². The van der Waals surface area contributed by atoms with Gasteiger partial charge in [0.25, 0.3) is 0 Å². The molecule has 0 aliphatic heterocycles. The number of halogens is 4. The van der Waals surface area contributed by atoms with Gasteiger partial charge in [-0.15, -0.1) is 0 Å². The molecule has 5 heteroatoms. The molecule has 0 heterocycles. The Morgan fingerprint density at radius 2 is 1.52 bits per heavy atom. The Kier molecular flexibility index (Phi) is 5.07. The van der Waals surface area contributed by atoms with E-state index in [2.05, 4.69) is 5.92 Å². The Balaban J connectivity index is 2.20. The van der Waals surface area contributed by atoms with E-state index in [0.29, 0.717) is 6.42 Å². The summed E-state index contributed by atoms with van der Waals surface area (Å²) < 4.78 is 52.5. The molecule has 0 radical (unpaired) electrons. The van der Waals surface area contributed by atoms with Gasteiger partial charge in [-0.3, -0.25) is 0 Å². The molecule has 0 saturated carbocycles. The van der Waals surface area contributed by atoms with E-state index in [9.17, 15) is 22.7 Å². The van der Waals surface area contributed by atoms with E-state index in [1.165, 1.54) is 0 Å². The second kappa shape index (κ2) is 6.84. The molecular weight excluding hydrogens is 308 g/mol. The molecule has 0 saturated heterocycles. The van der Waals surface area contributed by atoms with Gasteiger partial charge in [-0.05, 0) is 24.1 Å². The molecule has 0 amide bonds. The second-order valence-corrected chi connectivity index (χ2v) is 5.00. The molecule has 0 spiro atoms. The van der Waals surface area contributed by atoms with E-state index >= 15 is 0 Å². The number of rotatable bonds is 3. The van der Waals surface area contributed by atoms with Gasteiger partial charge in [0, 0.05) is 12.0 Å².